The number of ether oxygens (including phenoxy) is 1. The van der Waals surface area contributed by atoms with Crippen molar-refractivity contribution >= 4 is 5.96 Å². The van der Waals surface area contributed by atoms with Gasteiger partial charge in [-0.2, -0.15) is 0 Å². The van der Waals surface area contributed by atoms with Gasteiger partial charge >= 0.3 is 0 Å². The van der Waals surface area contributed by atoms with E-state index in [1.165, 1.54) is 5.56 Å². The molecule has 2 rings (SSSR count). The van der Waals surface area contributed by atoms with Gasteiger partial charge in [0.15, 0.2) is 5.96 Å². The van der Waals surface area contributed by atoms with Gasteiger partial charge in [-0.15, -0.1) is 0 Å². The highest BCUT2D eigenvalue weighted by molar-refractivity contribution is 5.79. The van der Waals surface area contributed by atoms with Gasteiger partial charge in [0.05, 0.1) is 6.26 Å². The number of hydrogen-bond acceptors (Lipinski definition) is 3. The molecule has 24 heavy (non-hydrogen) atoms. The quantitative estimate of drug-likeness (QED) is 0.436. The van der Waals surface area contributed by atoms with Crippen molar-refractivity contribution in [2.75, 3.05) is 26.7 Å². The summed E-state index contributed by atoms with van der Waals surface area (Å²) in [6.07, 6.45) is 2.54. The fourth-order valence-corrected chi connectivity index (χ4v) is 2.32. The molecular weight excluding hydrogens is 302 g/mol. The number of nitrogens with one attached hydrogen (secondary N) is 1. The number of benzene rings is 1. The molecule has 0 atom stereocenters. The first-order valence-electron chi connectivity index (χ1n) is 8.43. The number of nitrogens with zero attached hydrogens (tertiary/aromatic N) is 2. The third kappa shape index (κ3) is 6.46. The van der Waals surface area contributed by atoms with Gasteiger partial charge in [-0.25, -0.2) is 0 Å². The summed E-state index contributed by atoms with van der Waals surface area (Å²) < 4.78 is 10.8. The number of furan rings is 1. The summed E-state index contributed by atoms with van der Waals surface area (Å²) in [5, 5.41) is 3.34. The molecule has 0 saturated heterocycles. The Balaban J connectivity index is 1.73. The molecule has 0 fully saturated rings. The first kappa shape index (κ1) is 18.1. The summed E-state index contributed by atoms with van der Waals surface area (Å²) in [5.74, 6) is 1.78. The summed E-state index contributed by atoms with van der Waals surface area (Å²) in [5.41, 5.74) is 1.27. The molecule has 0 aliphatic heterocycles. The molecule has 0 aliphatic carbocycles. The van der Waals surface area contributed by atoms with E-state index in [0.29, 0.717) is 13.2 Å². The van der Waals surface area contributed by atoms with Gasteiger partial charge in [0.2, 0.25) is 0 Å². The number of aliphatic imine (C=N–C) groups is 1. The SMILES string of the molecule is CCNC(=NCCCOCc1ccco1)N(C)Cc1ccccc1. The van der Waals surface area contributed by atoms with Gasteiger partial charge in [-0.05, 0) is 31.0 Å². The second kappa shape index (κ2) is 10.5. The molecule has 0 bridgehead atoms. The molecule has 0 radical (unpaired) electrons. The van der Waals surface area contributed by atoms with Crippen molar-refractivity contribution in [1.29, 1.82) is 0 Å². The fraction of sp³-hybridized carbons (Fsp3) is 0.421. The molecule has 0 spiro atoms. The molecule has 1 aromatic heterocycles. The van der Waals surface area contributed by atoms with Crippen molar-refractivity contribution in [2.24, 2.45) is 4.99 Å². The Kier molecular flexibility index (Phi) is 7.90. The van der Waals surface area contributed by atoms with Crippen LogP contribution in [0.1, 0.15) is 24.7 Å². The summed E-state index contributed by atoms with van der Waals surface area (Å²) in [7, 11) is 2.06. The summed E-state index contributed by atoms with van der Waals surface area (Å²) in [4.78, 5) is 6.81. The van der Waals surface area contributed by atoms with Crippen molar-refractivity contribution < 1.29 is 9.15 Å². The third-order valence-corrected chi connectivity index (χ3v) is 3.49. The Morgan fingerprint density at radius 1 is 1.21 bits per heavy atom. The Morgan fingerprint density at radius 2 is 2.04 bits per heavy atom. The van der Waals surface area contributed by atoms with Crippen molar-refractivity contribution in [2.45, 2.75) is 26.5 Å². The number of hydrogen-bond donors (Lipinski definition) is 1. The van der Waals surface area contributed by atoms with Gasteiger partial charge < -0.3 is 19.4 Å². The maximum atomic E-state index is 5.58. The smallest absolute Gasteiger partial charge is 0.193 e. The lowest BCUT2D eigenvalue weighted by molar-refractivity contribution is 0.105. The maximum absolute atomic E-state index is 5.58. The van der Waals surface area contributed by atoms with Crippen LogP contribution < -0.4 is 5.32 Å². The lowest BCUT2D eigenvalue weighted by Gasteiger charge is -2.22. The zero-order valence-electron chi connectivity index (χ0n) is 14.6. The fourth-order valence-electron chi connectivity index (χ4n) is 2.32. The van der Waals surface area contributed by atoms with E-state index in [4.69, 9.17) is 9.15 Å². The number of guanidine groups is 1. The number of rotatable bonds is 9. The summed E-state index contributed by atoms with van der Waals surface area (Å²) in [6.45, 7) is 5.70. The van der Waals surface area contributed by atoms with Crippen LogP contribution in [0.15, 0.2) is 58.1 Å². The van der Waals surface area contributed by atoms with E-state index < -0.39 is 0 Å². The minimum absolute atomic E-state index is 0.519. The van der Waals surface area contributed by atoms with Crippen LogP contribution in [-0.2, 0) is 17.9 Å². The predicted molar refractivity (Wildman–Crippen MR) is 96.9 cm³/mol. The van der Waals surface area contributed by atoms with Crippen molar-refractivity contribution in [1.82, 2.24) is 10.2 Å². The molecule has 1 N–H and O–H groups in total. The molecule has 1 heterocycles. The standard InChI is InChI=1S/C19H27N3O2/c1-3-20-19(22(2)15-17-9-5-4-6-10-17)21-12-8-13-23-16-18-11-7-14-24-18/h4-7,9-11,14H,3,8,12-13,15-16H2,1-2H3,(H,20,21). The Labute approximate surface area is 144 Å². The van der Waals surface area contributed by atoms with Crippen LogP contribution >= 0.6 is 0 Å². The van der Waals surface area contributed by atoms with E-state index >= 15 is 0 Å². The molecule has 0 amide bonds. The van der Waals surface area contributed by atoms with Crippen LogP contribution in [0, 0.1) is 0 Å². The molecule has 0 unspecified atom stereocenters. The molecule has 0 aliphatic rings. The molecule has 130 valence electrons. The van der Waals surface area contributed by atoms with E-state index in [-0.39, 0.29) is 0 Å². The normalized spacial score (nSPS) is 11.5. The van der Waals surface area contributed by atoms with Crippen LogP contribution in [0.5, 0.6) is 0 Å². The van der Waals surface area contributed by atoms with Gasteiger partial charge in [-0.3, -0.25) is 4.99 Å². The zero-order chi connectivity index (χ0) is 17.0. The van der Waals surface area contributed by atoms with Gasteiger partial charge in [0.25, 0.3) is 0 Å². The highest BCUT2D eigenvalue weighted by Crippen LogP contribution is 2.04. The minimum atomic E-state index is 0.519. The first-order valence-corrected chi connectivity index (χ1v) is 8.43. The van der Waals surface area contributed by atoms with Gasteiger partial charge in [-0.1, -0.05) is 30.3 Å². The Morgan fingerprint density at radius 3 is 2.75 bits per heavy atom. The van der Waals surface area contributed by atoms with Crippen LogP contribution in [-0.4, -0.2) is 37.6 Å². The zero-order valence-corrected chi connectivity index (χ0v) is 14.6. The monoisotopic (exact) mass is 329 g/mol. The van der Waals surface area contributed by atoms with Gasteiger partial charge in [0, 0.05) is 33.3 Å². The molecule has 5 nitrogen and oxygen atoms in total. The average Bonchev–Trinajstić information content (AvgIpc) is 3.11. The summed E-state index contributed by atoms with van der Waals surface area (Å²) >= 11 is 0. The second-order valence-corrected chi connectivity index (χ2v) is 5.56. The Hall–Kier alpha value is -2.27. The summed E-state index contributed by atoms with van der Waals surface area (Å²) in [6, 6.07) is 14.2. The van der Waals surface area contributed by atoms with E-state index in [0.717, 1.165) is 37.8 Å². The highest BCUT2D eigenvalue weighted by Gasteiger charge is 2.05. The topological polar surface area (TPSA) is 50.0 Å². The van der Waals surface area contributed by atoms with Gasteiger partial charge in [0.1, 0.15) is 12.4 Å². The van der Waals surface area contributed by atoms with Crippen molar-refractivity contribution in [3.63, 3.8) is 0 Å². The average molecular weight is 329 g/mol. The van der Waals surface area contributed by atoms with E-state index in [9.17, 15) is 0 Å². The van der Waals surface area contributed by atoms with E-state index in [1.54, 1.807) is 6.26 Å². The largest absolute Gasteiger partial charge is 0.467 e. The first-order chi connectivity index (χ1) is 11.8. The third-order valence-electron chi connectivity index (χ3n) is 3.49. The molecular formula is C19H27N3O2. The highest BCUT2D eigenvalue weighted by atomic mass is 16.5. The maximum Gasteiger partial charge on any atom is 0.193 e. The van der Waals surface area contributed by atoms with Crippen LogP contribution in [0.2, 0.25) is 0 Å². The van der Waals surface area contributed by atoms with Crippen molar-refractivity contribution in [3.05, 3.63) is 60.1 Å². The molecule has 0 saturated carbocycles. The molecule has 5 heteroatoms. The Bertz CT molecular complexity index is 582. The molecule has 1 aromatic carbocycles. The van der Waals surface area contributed by atoms with Crippen LogP contribution in [0.25, 0.3) is 0 Å². The lowest BCUT2D eigenvalue weighted by Crippen LogP contribution is -2.38. The molecule has 2 aromatic rings. The second-order valence-electron chi connectivity index (χ2n) is 5.56. The van der Waals surface area contributed by atoms with Crippen molar-refractivity contribution in [3.8, 4) is 0 Å². The minimum Gasteiger partial charge on any atom is -0.467 e. The van der Waals surface area contributed by atoms with E-state index in [1.807, 2.05) is 18.2 Å². The predicted octanol–water partition coefficient (Wildman–Crippen LogP) is 3.28. The van der Waals surface area contributed by atoms with E-state index in [2.05, 4.69) is 53.4 Å². The van der Waals surface area contributed by atoms with Crippen LogP contribution in [0.3, 0.4) is 0 Å². The van der Waals surface area contributed by atoms with Crippen LogP contribution in [0.4, 0.5) is 0 Å². The lowest BCUT2D eigenvalue weighted by atomic mass is 10.2.